The van der Waals surface area contributed by atoms with Crippen LogP contribution in [0.25, 0.3) is 0 Å². The van der Waals surface area contributed by atoms with Gasteiger partial charge in [-0.3, -0.25) is 14.5 Å². The number of rotatable bonds is 7. The molecule has 3 N–H and O–H groups in total. The van der Waals surface area contributed by atoms with Crippen LogP contribution in [0.1, 0.15) is 41.8 Å². The van der Waals surface area contributed by atoms with Crippen LogP contribution in [0.3, 0.4) is 0 Å². The van der Waals surface area contributed by atoms with Gasteiger partial charge < -0.3 is 10.8 Å². The monoisotopic (exact) mass is 278 g/mol. The lowest BCUT2D eigenvalue weighted by molar-refractivity contribution is -0.138. The number of carbonyl (C=O) groups is 2. The number of hydrogen-bond donors (Lipinski definition) is 2. The number of primary amides is 1. The van der Waals surface area contributed by atoms with Crippen LogP contribution in [0.4, 0.5) is 0 Å². The van der Waals surface area contributed by atoms with Gasteiger partial charge in [0.1, 0.15) is 0 Å². The second-order valence-electron chi connectivity index (χ2n) is 5.02. The maximum atomic E-state index is 11.1. The van der Waals surface area contributed by atoms with E-state index in [-0.39, 0.29) is 12.5 Å². The molecule has 0 fully saturated rings. The first kappa shape index (κ1) is 16.2. The molecule has 0 saturated heterocycles. The number of aliphatic carboxylic acids is 1. The lowest BCUT2D eigenvalue weighted by Crippen LogP contribution is -2.34. The van der Waals surface area contributed by atoms with Crippen molar-refractivity contribution in [3.8, 4) is 0 Å². The molecule has 1 rings (SSSR count). The number of carbonyl (C=O) groups excluding carboxylic acids is 1. The van der Waals surface area contributed by atoms with Gasteiger partial charge in [0.05, 0.1) is 6.42 Å². The van der Waals surface area contributed by atoms with E-state index in [1.807, 2.05) is 26.8 Å². The number of carboxylic acid groups (broad SMARTS) is 1. The van der Waals surface area contributed by atoms with Gasteiger partial charge in [0.25, 0.3) is 0 Å². The highest BCUT2D eigenvalue weighted by atomic mass is 16.4. The van der Waals surface area contributed by atoms with Crippen LogP contribution in [-0.2, 0) is 11.3 Å². The molecule has 110 valence electrons. The second kappa shape index (κ2) is 7.05. The summed E-state index contributed by atoms with van der Waals surface area (Å²) in [4.78, 5) is 24.0. The van der Waals surface area contributed by atoms with Crippen molar-refractivity contribution < 1.29 is 14.7 Å². The van der Waals surface area contributed by atoms with E-state index in [4.69, 9.17) is 10.8 Å². The number of amides is 1. The van der Waals surface area contributed by atoms with Gasteiger partial charge in [-0.1, -0.05) is 13.0 Å². The molecule has 0 aromatic heterocycles. The quantitative estimate of drug-likeness (QED) is 0.796. The SMILES string of the molecule is CCN(Cc1ccc(C(N)=O)cc1C)C(C)CC(=O)O. The van der Waals surface area contributed by atoms with Gasteiger partial charge in [0, 0.05) is 18.2 Å². The molecular weight excluding hydrogens is 256 g/mol. The Hall–Kier alpha value is -1.88. The first-order valence-corrected chi connectivity index (χ1v) is 6.70. The van der Waals surface area contributed by atoms with Gasteiger partial charge >= 0.3 is 5.97 Å². The van der Waals surface area contributed by atoms with Gasteiger partial charge in [0.2, 0.25) is 5.91 Å². The van der Waals surface area contributed by atoms with E-state index in [2.05, 4.69) is 4.90 Å². The molecule has 0 aliphatic carbocycles. The van der Waals surface area contributed by atoms with Crippen LogP contribution in [0.2, 0.25) is 0 Å². The summed E-state index contributed by atoms with van der Waals surface area (Å²) in [5, 5.41) is 8.87. The number of hydrogen-bond acceptors (Lipinski definition) is 3. The van der Waals surface area contributed by atoms with Crippen molar-refractivity contribution in [1.82, 2.24) is 4.90 Å². The minimum atomic E-state index is -0.795. The maximum Gasteiger partial charge on any atom is 0.304 e. The summed E-state index contributed by atoms with van der Waals surface area (Å²) in [5.74, 6) is -1.23. The molecule has 1 aromatic carbocycles. The number of carboxylic acids is 1. The van der Waals surface area contributed by atoms with Crippen molar-refractivity contribution in [1.29, 1.82) is 0 Å². The largest absolute Gasteiger partial charge is 0.481 e. The third-order valence-electron chi connectivity index (χ3n) is 3.50. The third-order valence-corrected chi connectivity index (χ3v) is 3.50. The summed E-state index contributed by atoms with van der Waals surface area (Å²) in [7, 11) is 0. The van der Waals surface area contributed by atoms with Crippen molar-refractivity contribution in [3.05, 3.63) is 34.9 Å². The molecule has 0 spiro atoms. The summed E-state index contributed by atoms with van der Waals surface area (Å²) < 4.78 is 0. The minimum Gasteiger partial charge on any atom is -0.481 e. The summed E-state index contributed by atoms with van der Waals surface area (Å²) in [5.41, 5.74) is 7.81. The molecule has 0 radical (unpaired) electrons. The van der Waals surface area contributed by atoms with E-state index in [9.17, 15) is 9.59 Å². The zero-order valence-electron chi connectivity index (χ0n) is 12.2. The fourth-order valence-corrected chi connectivity index (χ4v) is 2.21. The lowest BCUT2D eigenvalue weighted by atomic mass is 10.0. The predicted molar refractivity (Wildman–Crippen MR) is 77.5 cm³/mol. The molecule has 1 aromatic rings. The zero-order valence-corrected chi connectivity index (χ0v) is 12.2. The summed E-state index contributed by atoms with van der Waals surface area (Å²) in [6.07, 6.45) is 0.117. The van der Waals surface area contributed by atoms with E-state index >= 15 is 0 Å². The number of aryl methyl sites for hydroxylation is 1. The van der Waals surface area contributed by atoms with Crippen molar-refractivity contribution in [2.45, 2.75) is 39.8 Å². The molecule has 0 saturated carbocycles. The molecule has 0 heterocycles. The normalized spacial score (nSPS) is 12.4. The van der Waals surface area contributed by atoms with Gasteiger partial charge in [-0.2, -0.15) is 0 Å². The van der Waals surface area contributed by atoms with E-state index in [1.54, 1.807) is 12.1 Å². The fraction of sp³-hybridized carbons (Fsp3) is 0.467. The smallest absolute Gasteiger partial charge is 0.304 e. The Labute approximate surface area is 119 Å². The lowest BCUT2D eigenvalue weighted by Gasteiger charge is -2.27. The maximum absolute atomic E-state index is 11.1. The highest BCUT2D eigenvalue weighted by Gasteiger charge is 2.16. The van der Waals surface area contributed by atoms with Crippen LogP contribution >= 0.6 is 0 Å². The average molecular weight is 278 g/mol. The van der Waals surface area contributed by atoms with Crippen LogP contribution in [0, 0.1) is 6.92 Å². The van der Waals surface area contributed by atoms with Crippen LogP contribution in [-0.4, -0.2) is 34.5 Å². The first-order valence-electron chi connectivity index (χ1n) is 6.70. The summed E-state index contributed by atoms with van der Waals surface area (Å²) >= 11 is 0. The van der Waals surface area contributed by atoms with Gasteiger partial charge in [-0.05, 0) is 43.7 Å². The van der Waals surface area contributed by atoms with E-state index in [0.717, 1.165) is 17.7 Å². The standard InChI is InChI=1S/C15H22N2O3/c1-4-17(11(3)8-14(18)19)9-13-6-5-12(15(16)20)7-10(13)2/h5-7,11H,4,8-9H2,1-3H3,(H2,16,20)(H,18,19). The van der Waals surface area contributed by atoms with E-state index in [0.29, 0.717) is 12.1 Å². The van der Waals surface area contributed by atoms with Crippen LogP contribution in [0.15, 0.2) is 18.2 Å². The van der Waals surface area contributed by atoms with Gasteiger partial charge in [-0.25, -0.2) is 0 Å². The highest BCUT2D eigenvalue weighted by molar-refractivity contribution is 5.93. The minimum absolute atomic E-state index is 0.0345. The Morgan fingerprint density at radius 2 is 2.05 bits per heavy atom. The Kier molecular flexibility index (Phi) is 5.70. The molecular formula is C15H22N2O3. The molecule has 5 heteroatoms. The second-order valence-corrected chi connectivity index (χ2v) is 5.02. The van der Waals surface area contributed by atoms with Gasteiger partial charge in [-0.15, -0.1) is 0 Å². The average Bonchev–Trinajstić information content (AvgIpc) is 2.36. The first-order chi connectivity index (χ1) is 9.35. The summed E-state index contributed by atoms with van der Waals surface area (Å²) in [6, 6.07) is 5.33. The number of nitrogens with two attached hydrogens (primary N) is 1. The van der Waals surface area contributed by atoms with Crippen molar-refractivity contribution in [2.75, 3.05) is 6.54 Å². The van der Waals surface area contributed by atoms with Gasteiger partial charge in [0.15, 0.2) is 0 Å². The molecule has 0 aliphatic rings. The van der Waals surface area contributed by atoms with Crippen LogP contribution < -0.4 is 5.73 Å². The summed E-state index contributed by atoms with van der Waals surface area (Å²) in [6.45, 7) is 7.27. The van der Waals surface area contributed by atoms with Crippen molar-refractivity contribution in [3.63, 3.8) is 0 Å². The predicted octanol–water partition coefficient (Wildman–Crippen LogP) is 1.78. The molecule has 20 heavy (non-hydrogen) atoms. The van der Waals surface area contributed by atoms with Crippen molar-refractivity contribution >= 4 is 11.9 Å². The Morgan fingerprint density at radius 3 is 2.50 bits per heavy atom. The van der Waals surface area contributed by atoms with E-state index < -0.39 is 11.9 Å². The van der Waals surface area contributed by atoms with Crippen molar-refractivity contribution in [2.24, 2.45) is 5.73 Å². The van der Waals surface area contributed by atoms with E-state index in [1.165, 1.54) is 0 Å². The third kappa shape index (κ3) is 4.35. The number of nitrogens with zero attached hydrogens (tertiary/aromatic N) is 1. The fourth-order valence-electron chi connectivity index (χ4n) is 2.21. The Bertz CT molecular complexity index is 500. The highest BCUT2D eigenvalue weighted by Crippen LogP contribution is 2.16. The molecule has 1 unspecified atom stereocenters. The number of benzene rings is 1. The zero-order chi connectivity index (χ0) is 15.3. The molecule has 1 amide bonds. The molecule has 1 atom stereocenters. The molecule has 0 aliphatic heterocycles. The Morgan fingerprint density at radius 1 is 1.40 bits per heavy atom. The topological polar surface area (TPSA) is 83.6 Å². The van der Waals surface area contributed by atoms with Crippen LogP contribution in [0.5, 0.6) is 0 Å². The molecule has 0 bridgehead atoms. The molecule has 5 nitrogen and oxygen atoms in total. The Balaban J connectivity index is 2.85.